The number of benzene rings is 3. The normalized spacial score (nSPS) is 14.3. The highest BCUT2D eigenvalue weighted by Gasteiger charge is 2.41. The molecule has 0 unspecified atom stereocenters. The van der Waals surface area contributed by atoms with Crippen LogP contribution in [0.2, 0.25) is 5.02 Å². The Bertz CT molecular complexity index is 1590. The van der Waals surface area contributed by atoms with Gasteiger partial charge in [-0.2, -0.15) is 13.2 Å². The smallest absolute Gasteiger partial charge is 0.449 e. The third kappa shape index (κ3) is 5.99. The summed E-state index contributed by atoms with van der Waals surface area (Å²) in [6.45, 7) is 3.71. The summed E-state index contributed by atoms with van der Waals surface area (Å²) >= 11 is 5.86. The van der Waals surface area contributed by atoms with Crippen molar-refractivity contribution in [2.24, 2.45) is 0 Å². The highest BCUT2D eigenvalue weighted by Crippen LogP contribution is 2.40. The van der Waals surface area contributed by atoms with E-state index in [0.717, 1.165) is 5.56 Å². The Balaban J connectivity index is 1.65. The van der Waals surface area contributed by atoms with Gasteiger partial charge in [-0.15, -0.1) is 0 Å². The van der Waals surface area contributed by atoms with Crippen LogP contribution >= 0.6 is 11.6 Å². The van der Waals surface area contributed by atoms with Crippen LogP contribution in [0.15, 0.2) is 69.9 Å². The molecule has 0 N–H and O–H groups in total. The van der Waals surface area contributed by atoms with Crippen molar-refractivity contribution in [3.63, 3.8) is 0 Å². The minimum absolute atomic E-state index is 0.0211. The van der Waals surface area contributed by atoms with Crippen molar-refractivity contribution < 1.29 is 36.6 Å². The molecule has 2 heterocycles. The molecule has 4 aromatic rings. The van der Waals surface area contributed by atoms with Crippen LogP contribution in [0.3, 0.4) is 0 Å². The number of carbonyl (C=O) groups is 1. The quantitative estimate of drug-likeness (QED) is 0.189. The lowest BCUT2D eigenvalue weighted by molar-refractivity contribution is -0.154. The van der Waals surface area contributed by atoms with E-state index in [1.807, 2.05) is 11.8 Å². The minimum Gasteiger partial charge on any atom is -0.449 e. The number of esters is 1. The first-order valence-corrected chi connectivity index (χ1v) is 12.7. The fraction of sp³-hybridized carbons (Fsp3) is 0.241. The number of halogens is 4. The lowest BCUT2D eigenvalue weighted by Crippen LogP contribution is -2.36. The maximum Gasteiger partial charge on any atom is 0.453 e. The van der Waals surface area contributed by atoms with E-state index in [1.165, 1.54) is 36.4 Å². The Labute approximate surface area is 231 Å². The van der Waals surface area contributed by atoms with Crippen molar-refractivity contribution in [2.75, 3.05) is 26.3 Å². The molecular weight excluding hydrogens is 551 g/mol. The number of fused-ring (bicyclic) bond motifs is 1. The van der Waals surface area contributed by atoms with Crippen molar-refractivity contribution in [1.82, 2.24) is 4.90 Å². The fourth-order valence-electron chi connectivity index (χ4n) is 4.26. The number of alkyl halides is 3. The van der Waals surface area contributed by atoms with Gasteiger partial charge in [0.2, 0.25) is 11.2 Å². The standard InChI is InChI=1S/C29H23ClF3NO6/c1-17-2-4-18(5-3-17)28(36)39-23-11-10-21-24(35)26(38-20-8-6-19(30)7-9-20)27(29(31,32)33)40-25(21)22(23)16-34-12-14-37-15-13-34/h2-11H,12-16H2,1H3. The molecule has 1 saturated heterocycles. The molecule has 0 spiro atoms. The lowest BCUT2D eigenvalue weighted by atomic mass is 10.1. The number of aryl methyl sites for hydroxylation is 1. The van der Waals surface area contributed by atoms with Crippen molar-refractivity contribution >= 4 is 28.5 Å². The molecule has 0 bridgehead atoms. The van der Waals surface area contributed by atoms with Crippen LogP contribution in [-0.4, -0.2) is 37.2 Å². The summed E-state index contributed by atoms with van der Waals surface area (Å²) in [5.74, 6) is -3.37. The molecule has 0 atom stereocenters. The van der Waals surface area contributed by atoms with E-state index in [0.29, 0.717) is 31.3 Å². The van der Waals surface area contributed by atoms with Crippen LogP contribution < -0.4 is 14.9 Å². The molecule has 208 valence electrons. The zero-order valence-corrected chi connectivity index (χ0v) is 22.0. The molecule has 0 saturated carbocycles. The first-order valence-electron chi connectivity index (χ1n) is 12.3. The van der Waals surface area contributed by atoms with E-state index in [9.17, 15) is 22.8 Å². The van der Waals surface area contributed by atoms with Crippen molar-refractivity contribution in [3.05, 3.63) is 98.4 Å². The van der Waals surface area contributed by atoms with Gasteiger partial charge in [0, 0.05) is 24.7 Å². The SMILES string of the molecule is Cc1ccc(C(=O)Oc2ccc3c(=O)c(Oc4ccc(Cl)cc4)c(C(F)(F)F)oc3c2CN2CCOCC2)cc1. The zero-order chi connectivity index (χ0) is 28.4. The monoisotopic (exact) mass is 573 g/mol. The second kappa shape index (κ2) is 11.3. The van der Waals surface area contributed by atoms with Crippen LogP contribution in [0.1, 0.15) is 27.2 Å². The van der Waals surface area contributed by atoms with Crippen LogP contribution in [-0.2, 0) is 17.5 Å². The number of hydrogen-bond acceptors (Lipinski definition) is 7. The Hall–Kier alpha value is -3.86. The van der Waals surface area contributed by atoms with Gasteiger partial charge < -0.3 is 18.6 Å². The third-order valence-electron chi connectivity index (χ3n) is 6.35. The van der Waals surface area contributed by atoms with Gasteiger partial charge in [-0.1, -0.05) is 29.3 Å². The molecule has 1 aliphatic rings. The number of ether oxygens (including phenoxy) is 3. The van der Waals surface area contributed by atoms with Gasteiger partial charge in [0.15, 0.2) is 0 Å². The van der Waals surface area contributed by atoms with Gasteiger partial charge in [-0.05, 0) is 55.5 Å². The maximum atomic E-state index is 14.2. The molecule has 3 aromatic carbocycles. The first kappa shape index (κ1) is 27.7. The largest absolute Gasteiger partial charge is 0.453 e. The van der Waals surface area contributed by atoms with E-state index in [1.54, 1.807) is 24.3 Å². The van der Waals surface area contributed by atoms with Gasteiger partial charge >= 0.3 is 12.1 Å². The van der Waals surface area contributed by atoms with E-state index in [2.05, 4.69) is 0 Å². The summed E-state index contributed by atoms with van der Waals surface area (Å²) in [7, 11) is 0. The molecular formula is C29H23ClF3NO6. The Morgan fingerprint density at radius 1 is 1.00 bits per heavy atom. The first-order chi connectivity index (χ1) is 19.1. The maximum absolute atomic E-state index is 14.2. The minimum atomic E-state index is -5.07. The third-order valence-corrected chi connectivity index (χ3v) is 6.60. The summed E-state index contributed by atoms with van der Waals surface area (Å²) < 4.78 is 64.5. The second-order valence-corrected chi connectivity index (χ2v) is 9.64. The number of carbonyl (C=O) groups excluding carboxylic acids is 1. The Morgan fingerprint density at radius 3 is 2.33 bits per heavy atom. The zero-order valence-electron chi connectivity index (χ0n) is 21.2. The summed E-state index contributed by atoms with van der Waals surface area (Å²) in [5.41, 5.74) is -0.0503. The summed E-state index contributed by atoms with van der Waals surface area (Å²) in [4.78, 5) is 28.3. The predicted octanol–water partition coefficient (Wildman–Crippen LogP) is 6.62. The highest BCUT2D eigenvalue weighted by atomic mass is 35.5. The van der Waals surface area contributed by atoms with E-state index in [-0.39, 0.29) is 40.1 Å². The fourth-order valence-corrected chi connectivity index (χ4v) is 4.38. The summed E-state index contributed by atoms with van der Waals surface area (Å²) in [6.07, 6.45) is -5.07. The Morgan fingerprint density at radius 2 is 1.68 bits per heavy atom. The van der Waals surface area contributed by atoms with Crippen molar-refractivity contribution in [3.8, 4) is 17.2 Å². The average molecular weight is 574 g/mol. The molecule has 1 aliphatic heterocycles. The molecule has 5 rings (SSSR count). The number of rotatable bonds is 6. The van der Waals surface area contributed by atoms with Gasteiger partial charge in [0.25, 0.3) is 5.76 Å². The number of morpholine rings is 1. The summed E-state index contributed by atoms with van der Waals surface area (Å²) in [6, 6.07) is 14.8. The predicted molar refractivity (Wildman–Crippen MR) is 141 cm³/mol. The molecule has 0 amide bonds. The second-order valence-electron chi connectivity index (χ2n) is 9.21. The van der Waals surface area contributed by atoms with Gasteiger partial charge in [-0.25, -0.2) is 4.79 Å². The van der Waals surface area contributed by atoms with E-state index in [4.69, 9.17) is 30.2 Å². The molecule has 1 fully saturated rings. The molecule has 0 aliphatic carbocycles. The van der Waals surface area contributed by atoms with Crippen LogP contribution in [0.4, 0.5) is 13.2 Å². The molecule has 40 heavy (non-hydrogen) atoms. The average Bonchev–Trinajstić information content (AvgIpc) is 2.92. The van der Waals surface area contributed by atoms with Gasteiger partial charge in [-0.3, -0.25) is 9.69 Å². The molecule has 11 heteroatoms. The lowest BCUT2D eigenvalue weighted by Gasteiger charge is -2.27. The number of hydrogen-bond donors (Lipinski definition) is 0. The molecule has 1 aromatic heterocycles. The van der Waals surface area contributed by atoms with Crippen LogP contribution in [0.5, 0.6) is 17.2 Å². The molecule has 7 nitrogen and oxygen atoms in total. The van der Waals surface area contributed by atoms with Gasteiger partial charge in [0.05, 0.1) is 29.7 Å². The summed E-state index contributed by atoms with van der Waals surface area (Å²) in [5, 5.41) is 0.185. The van der Waals surface area contributed by atoms with E-state index >= 15 is 0 Å². The van der Waals surface area contributed by atoms with Crippen molar-refractivity contribution in [2.45, 2.75) is 19.6 Å². The van der Waals surface area contributed by atoms with E-state index < -0.39 is 29.1 Å². The number of nitrogens with zero attached hydrogens (tertiary/aromatic N) is 1. The topological polar surface area (TPSA) is 78.2 Å². The highest BCUT2D eigenvalue weighted by molar-refractivity contribution is 6.30. The molecule has 0 radical (unpaired) electrons. The van der Waals surface area contributed by atoms with Crippen LogP contribution in [0.25, 0.3) is 11.0 Å². The van der Waals surface area contributed by atoms with Crippen LogP contribution in [0, 0.1) is 6.92 Å². The Kier molecular flexibility index (Phi) is 7.84. The van der Waals surface area contributed by atoms with Crippen molar-refractivity contribution in [1.29, 1.82) is 0 Å². The van der Waals surface area contributed by atoms with Gasteiger partial charge in [0.1, 0.15) is 17.1 Å².